The zero-order valence-corrected chi connectivity index (χ0v) is 15.2. The van der Waals surface area contributed by atoms with Crippen molar-refractivity contribution in [2.75, 3.05) is 13.1 Å². The topological polar surface area (TPSA) is 67.9 Å². The van der Waals surface area contributed by atoms with Gasteiger partial charge < -0.3 is 4.52 Å². The van der Waals surface area contributed by atoms with Gasteiger partial charge in [-0.05, 0) is 38.3 Å². The van der Waals surface area contributed by atoms with Gasteiger partial charge in [-0.15, -0.1) is 0 Å². The normalized spacial score (nSPS) is 18.2. The lowest BCUT2D eigenvalue weighted by atomic mass is 10.0. The van der Waals surface area contributed by atoms with E-state index in [9.17, 15) is 0 Å². The predicted molar refractivity (Wildman–Crippen MR) is 99.2 cm³/mol. The highest BCUT2D eigenvalue weighted by atomic mass is 16.5. The van der Waals surface area contributed by atoms with E-state index in [0.717, 1.165) is 48.2 Å². The summed E-state index contributed by atoms with van der Waals surface area (Å²) in [5, 5.41) is 4.15. The molecule has 1 aliphatic heterocycles. The molecule has 0 amide bonds. The van der Waals surface area contributed by atoms with E-state index in [2.05, 4.69) is 31.9 Å². The average Bonchev–Trinajstić information content (AvgIpc) is 3.10. The van der Waals surface area contributed by atoms with Gasteiger partial charge >= 0.3 is 0 Å². The van der Waals surface area contributed by atoms with Crippen molar-refractivity contribution in [2.24, 2.45) is 5.92 Å². The Labute approximate surface area is 153 Å². The van der Waals surface area contributed by atoms with Gasteiger partial charge in [-0.25, -0.2) is 9.97 Å². The summed E-state index contributed by atoms with van der Waals surface area (Å²) in [5.74, 6) is 2.82. The Kier molecular flexibility index (Phi) is 4.75. The van der Waals surface area contributed by atoms with Crippen LogP contribution >= 0.6 is 0 Å². The van der Waals surface area contributed by atoms with Crippen molar-refractivity contribution in [1.82, 2.24) is 25.0 Å². The molecule has 2 aromatic heterocycles. The molecule has 1 aliphatic rings. The van der Waals surface area contributed by atoms with Crippen LogP contribution < -0.4 is 0 Å². The third kappa shape index (κ3) is 3.80. The zero-order chi connectivity index (χ0) is 17.9. The van der Waals surface area contributed by atoms with E-state index in [0.29, 0.717) is 11.7 Å². The smallest absolute Gasteiger partial charge is 0.241 e. The quantitative estimate of drug-likeness (QED) is 0.715. The van der Waals surface area contributed by atoms with Gasteiger partial charge in [0.1, 0.15) is 5.82 Å². The molecule has 0 spiro atoms. The minimum atomic E-state index is 0.635. The van der Waals surface area contributed by atoms with Crippen molar-refractivity contribution in [1.29, 1.82) is 0 Å². The van der Waals surface area contributed by atoms with Crippen LogP contribution in [0.4, 0.5) is 0 Å². The minimum absolute atomic E-state index is 0.635. The highest BCUT2D eigenvalue weighted by molar-refractivity contribution is 5.64. The molecule has 0 aliphatic carbocycles. The first kappa shape index (κ1) is 16.8. The molecule has 26 heavy (non-hydrogen) atoms. The summed E-state index contributed by atoms with van der Waals surface area (Å²) in [6, 6.07) is 9.97. The second-order valence-electron chi connectivity index (χ2n) is 7.06. The molecular formula is C20H23N5O. The predicted octanol–water partition coefficient (Wildman–Crippen LogP) is 3.73. The lowest BCUT2D eigenvalue weighted by Crippen LogP contribution is -2.33. The fourth-order valence-electron chi connectivity index (χ4n) is 3.46. The Bertz CT molecular complexity index is 874. The molecule has 1 saturated heterocycles. The molecule has 4 rings (SSSR count). The largest absolute Gasteiger partial charge is 0.338 e. The van der Waals surface area contributed by atoms with Gasteiger partial charge in [-0.3, -0.25) is 4.90 Å². The van der Waals surface area contributed by atoms with Gasteiger partial charge in [0, 0.05) is 23.9 Å². The Morgan fingerprint density at radius 1 is 1.12 bits per heavy atom. The van der Waals surface area contributed by atoms with Gasteiger partial charge in [0.05, 0.1) is 12.2 Å². The highest BCUT2D eigenvalue weighted by Gasteiger charge is 2.19. The summed E-state index contributed by atoms with van der Waals surface area (Å²) in [4.78, 5) is 15.6. The fourth-order valence-corrected chi connectivity index (χ4v) is 3.46. The third-order valence-corrected chi connectivity index (χ3v) is 4.78. The number of nitrogens with zero attached hydrogens (tertiary/aromatic N) is 5. The summed E-state index contributed by atoms with van der Waals surface area (Å²) in [7, 11) is 0. The lowest BCUT2D eigenvalue weighted by Gasteiger charge is -2.29. The maximum Gasteiger partial charge on any atom is 0.241 e. The number of rotatable bonds is 4. The molecule has 0 bridgehead atoms. The van der Waals surface area contributed by atoms with Gasteiger partial charge in [0.15, 0.2) is 0 Å². The van der Waals surface area contributed by atoms with Crippen LogP contribution in [0.1, 0.15) is 31.5 Å². The number of aromatic nitrogens is 4. The Morgan fingerprint density at radius 2 is 1.92 bits per heavy atom. The van der Waals surface area contributed by atoms with Crippen LogP contribution in [-0.4, -0.2) is 38.1 Å². The first-order chi connectivity index (χ1) is 12.7. The van der Waals surface area contributed by atoms with Crippen molar-refractivity contribution in [2.45, 2.75) is 33.2 Å². The summed E-state index contributed by atoms with van der Waals surface area (Å²) in [6.45, 7) is 7.13. The van der Waals surface area contributed by atoms with E-state index >= 15 is 0 Å². The molecule has 0 unspecified atom stereocenters. The monoisotopic (exact) mass is 349 g/mol. The summed E-state index contributed by atoms with van der Waals surface area (Å²) >= 11 is 0. The molecule has 6 heteroatoms. The third-order valence-electron chi connectivity index (χ3n) is 4.78. The van der Waals surface area contributed by atoms with E-state index in [1.54, 1.807) is 6.20 Å². The summed E-state index contributed by atoms with van der Waals surface area (Å²) < 4.78 is 5.46. The van der Waals surface area contributed by atoms with E-state index in [-0.39, 0.29) is 0 Å². The molecule has 134 valence electrons. The highest BCUT2D eigenvalue weighted by Crippen LogP contribution is 2.23. The van der Waals surface area contributed by atoms with Crippen molar-refractivity contribution in [3.63, 3.8) is 0 Å². The Hall–Kier alpha value is -2.60. The lowest BCUT2D eigenvalue weighted by molar-refractivity contribution is 0.157. The van der Waals surface area contributed by atoms with Crippen LogP contribution in [0, 0.1) is 12.8 Å². The van der Waals surface area contributed by atoms with Crippen molar-refractivity contribution in [3.05, 3.63) is 48.2 Å². The van der Waals surface area contributed by atoms with Crippen molar-refractivity contribution < 1.29 is 4.52 Å². The summed E-state index contributed by atoms with van der Waals surface area (Å²) in [6.07, 6.45) is 4.33. The maximum absolute atomic E-state index is 5.46. The Balaban J connectivity index is 1.47. The van der Waals surface area contributed by atoms with Gasteiger partial charge in [0.2, 0.25) is 11.7 Å². The van der Waals surface area contributed by atoms with E-state index in [1.165, 1.54) is 12.8 Å². The first-order valence-electron chi connectivity index (χ1n) is 9.13. The number of piperidine rings is 1. The molecule has 1 atom stereocenters. The van der Waals surface area contributed by atoms with Gasteiger partial charge in [-0.1, -0.05) is 36.3 Å². The van der Waals surface area contributed by atoms with Crippen LogP contribution in [-0.2, 0) is 6.54 Å². The number of hydrogen-bond donors (Lipinski definition) is 0. The molecule has 0 saturated carbocycles. The molecular weight excluding hydrogens is 326 g/mol. The molecule has 3 aromatic rings. The van der Waals surface area contributed by atoms with Crippen molar-refractivity contribution in [3.8, 4) is 22.6 Å². The molecule has 3 heterocycles. The van der Waals surface area contributed by atoms with Crippen LogP contribution in [0.15, 0.2) is 41.1 Å². The van der Waals surface area contributed by atoms with Crippen LogP contribution in [0.5, 0.6) is 0 Å². The van der Waals surface area contributed by atoms with Crippen LogP contribution in [0.25, 0.3) is 22.6 Å². The zero-order valence-electron chi connectivity index (χ0n) is 15.2. The molecule has 6 nitrogen and oxygen atoms in total. The average molecular weight is 349 g/mol. The van der Waals surface area contributed by atoms with Gasteiger partial charge in [0.25, 0.3) is 0 Å². The molecule has 1 fully saturated rings. The second-order valence-corrected chi connectivity index (χ2v) is 7.06. The number of aryl methyl sites for hydroxylation is 1. The fraction of sp³-hybridized carbons (Fsp3) is 0.400. The molecule has 1 aromatic carbocycles. The van der Waals surface area contributed by atoms with Crippen LogP contribution in [0.2, 0.25) is 0 Å². The second kappa shape index (κ2) is 7.33. The van der Waals surface area contributed by atoms with Gasteiger partial charge in [-0.2, -0.15) is 4.98 Å². The van der Waals surface area contributed by atoms with E-state index in [1.807, 2.05) is 37.3 Å². The maximum atomic E-state index is 5.46. The van der Waals surface area contributed by atoms with E-state index < -0.39 is 0 Å². The SMILES string of the molecule is Cc1nccc(-c2ccc(-c3noc(CN4CCC[C@H](C)C4)n3)cc2)n1. The molecule has 0 radical (unpaired) electrons. The number of hydrogen-bond acceptors (Lipinski definition) is 6. The minimum Gasteiger partial charge on any atom is -0.338 e. The first-order valence-corrected chi connectivity index (χ1v) is 9.13. The standard InChI is InChI=1S/C20H23N5O/c1-14-4-3-11-25(12-14)13-19-23-20(24-26-19)17-7-5-16(6-8-17)18-9-10-21-15(2)22-18/h5-10,14H,3-4,11-13H2,1-2H3/t14-/m0/s1. The molecule has 0 N–H and O–H groups in total. The van der Waals surface area contributed by atoms with Crippen LogP contribution in [0.3, 0.4) is 0 Å². The summed E-state index contributed by atoms with van der Waals surface area (Å²) in [5.41, 5.74) is 2.91. The number of likely N-dealkylation sites (tertiary alicyclic amines) is 1. The number of benzene rings is 1. The van der Waals surface area contributed by atoms with Crippen molar-refractivity contribution >= 4 is 0 Å². The Morgan fingerprint density at radius 3 is 2.69 bits per heavy atom. The van der Waals surface area contributed by atoms with E-state index in [4.69, 9.17) is 4.52 Å².